The van der Waals surface area contributed by atoms with Gasteiger partial charge in [0, 0.05) is 62.7 Å². The molecule has 1 atom stereocenters. The standard InChI is InChI=1S/C41H55N7O5.K/c1-42-37-29-34(20-21-35(37)45-24-27-48-25-9-10-26-48)46-40(51)31-16-18-33(19-17-31)43-22-7-5-4-6-8-23-44-36-14-11-13-32(30-50)39(36)41(52)47(2)38(53-3)15-12-28-49;/h11,13-14,16-21,28-30,38H,1,4-10,12,15,22-27H2,2-3H3,(H4,43,44,45,46,50,51,52);/q;+1/p-1. The molecule has 3 N–H and O–H groups in total. The van der Waals surface area contributed by atoms with E-state index in [1.807, 2.05) is 30.3 Å². The summed E-state index contributed by atoms with van der Waals surface area (Å²) in [5.74, 6) is -0.541. The van der Waals surface area contributed by atoms with Gasteiger partial charge in [-0.1, -0.05) is 62.1 Å². The van der Waals surface area contributed by atoms with E-state index in [2.05, 4.69) is 37.9 Å². The van der Waals surface area contributed by atoms with E-state index in [1.165, 1.54) is 24.9 Å². The first kappa shape index (κ1) is 45.0. The number of nitrogens with one attached hydrogen (secondary N) is 3. The topological polar surface area (TPSA) is 147 Å². The first-order chi connectivity index (χ1) is 25.9. The van der Waals surface area contributed by atoms with Crippen LogP contribution in [0.3, 0.4) is 0 Å². The van der Waals surface area contributed by atoms with E-state index in [4.69, 9.17) is 4.74 Å². The number of hydrogen-bond donors (Lipinski definition) is 3. The van der Waals surface area contributed by atoms with E-state index in [0.29, 0.717) is 59.5 Å². The van der Waals surface area contributed by atoms with E-state index < -0.39 is 6.23 Å². The zero-order valence-corrected chi connectivity index (χ0v) is 35.3. The third-order valence-corrected chi connectivity index (χ3v) is 9.44. The molecule has 0 aliphatic carbocycles. The van der Waals surface area contributed by atoms with Crippen molar-refractivity contribution < 1.29 is 75.3 Å². The molecular weight excluding hydrogens is 710 g/mol. The Morgan fingerprint density at radius 3 is 2.39 bits per heavy atom. The summed E-state index contributed by atoms with van der Waals surface area (Å²) in [4.78, 5) is 57.0. The van der Waals surface area contributed by atoms with Gasteiger partial charge in [-0.2, -0.15) is 0 Å². The first-order valence-corrected chi connectivity index (χ1v) is 18.6. The predicted octanol–water partition coefficient (Wildman–Crippen LogP) is 4.69. The quantitative estimate of drug-likeness (QED) is 0.0392. The van der Waals surface area contributed by atoms with E-state index in [0.717, 1.165) is 75.9 Å². The molecule has 1 unspecified atom stereocenters. The van der Waals surface area contributed by atoms with Crippen LogP contribution in [0.5, 0.6) is 0 Å². The van der Waals surface area contributed by atoms with Gasteiger partial charge in [0.05, 0.1) is 16.9 Å². The number of nitrogens with zero attached hydrogens (tertiary/aromatic N) is 4. The molecule has 1 aliphatic heterocycles. The number of benzene rings is 3. The van der Waals surface area contributed by atoms with Crippen molar-refractivity contribution in [3.63, 3.8) is 0 Å². The van der Waals surface area contributed by atoms with Crippen LogP contribution < -0.4 is 67.3 Å². The van der Waals surface area contributed by atoms with Crippen LogP contribution in [0, 0.1) is 0 Å². The number of carbonyl (C=O) groups excluding carboxylic acids is 4. The van der Waals surface area contributed by atoms with Crippen LogP contribution in [0.15, 0.2) is 65.7 Å². The third kappa shape index (κ3) is 14.0. The van der Waals surface area contributed by atoms with Crippen molar-refractivity contribution in [1.29, 1.82) is 0 Å². The molecule has 0 saturated carbocycles. The van der Waals surface area contributed by atoms with Gasteiger partial charge in [0.2, 0.25) is 0 Å². The zero-order valence-electron chi connectivity index (χ0n) is 32.1. The van der Waals surface area contributed by atoms with Gasteiger partial charge in [-0.15, -0.1) is 12.2 Å². The maximum absolute atomic E-state index is 13.4. The van der Waals surface area contributed by atoms with Gasteiger partial charge in [-0.25, -0.2) is 0 Å². The maximum atomic E-state index is 13.4. The molecular formula is C41H54KN7O5. The summed E-state index contributed by atoms with van der Waals surface area (Å²) in [6.45, 7) is 9.20. The number of anilines is 3. The molecule has 0 aromatic heterocycles. The molecule has 1 saturated heterocycles. The van der Waals surface area contributed by atoms with Crippen LogP contribution >= 0.6 is 0 Å². The number of unbranched alkanes of at least 4 members (excludes halogenated alkanes) is 4. The summed E-state index contributed by atoms with van der Waals surface area (Å²) < 4.78 is 5.42. The van der Waals surface area contributed by atoms with Crippen LogP contribution in [0.25, 0.3) is 5.32 Å². The number of ether oxygens (including phenoxy) is 1. The second kappa shape index (κ2) is 24.9. The number of aliphatic imine (C=N–C) groups is 1. The molecule has 13 heteroatoms. The fourth-order valence-corrected chi connectivity index (χ4v) is 6.41. The average molecular weight is 764 g/mol. The minimum absolute atomic E-state index is 0. The van der Waals surface area contributed by atoms with Crippen molar-refractivity contribution in [2.24, 2.45) is 4.99 Å². The van der Waals surface area contributed by atoms with E-state index in [-0.39, 0.29) is 69.6 Å². The second-order valence-corrected chi connectivity index (χ2v) is 13.2. The number of likely N-dealkylation sites (tertiary alicyclic amines) is 1. The molecule has 1 aliphatic rings. The fourth-order valence-electron chi connectivity index (χ4n) is 6.41. The Labute approximate surface area is 362 Å². The molecule has 54 heavy (non-hydrogen) atoms. The molecule has 0 spiro atoms. The second-order valence-electron chi connectivity index (χ2n) is 13.2. The number of rotatable bonds is 24. The normalized spacial score (nSPS) is 12.9. The van der Waals surface area contributed by atoms with Crippen molar-refractivity contribution in [1.82, 2.24) is 9.80 Å². The monoisotopic (exact) mass is 763 g/mol. The summed E-state index contributed by atoms with van der Waals surface area (Å²) in [5, 5.41) is 14.4. The number of carbonyl (C=O) groups is 4. The van der Waals surface area contributed by atoms with Gasteiger partial charge in [-0.3, -0.25) is 19.4 Å². The smallest absolute Gasteiger partial charge is 0.684 e. The predicted molar refractivity (Wildman–Crippen MR) is 214 cm³/mol. The maximum Gasteiger partial charge on any atom is 1.00 e. The van der Waals surface area contributed by atoms with Gasteiger partial charge in [0.25, 0.3) is 11.8 Å². The van der Waals surface area contributed by atoms with E-state index in [9.17, 15) is 19.2 Å². The van der Waals surface area contributed by atoms with Crippen LogP contribution in [0.4, 0.5) is 28.4 Å². The molecule has 3 aromatic rings. The number of amides is 2. The summed E-state index contributed by atoms with van der Waals surface area (Å²) in [6.07, 6.45) is 9.02. The van der Waals surface area contributed by atoms with Crippen LogP contribution in [-0.4, -0.2) is 101 Å². The Balaban J connectivity index is 0.00000784. The van der Waals surface area contributed by atoms with Crippen molar-refractivity contribution in [2.45, 2.75) is 64.0 Å². The fraction of sp³-hybridized carbons (Fsp3) is 0.439. The van der Waals surface area contributed by atoms with Crippen molar-refractivity contribution in [3.8, 4) is 0 Å². The Kier molecular flexibility index (Phi) is 20.7. The van der Waals surface area contributed by atoms with Crippen molar-refractivity contribution >= 4 is 59.5 Å². The molecule has 12 nitrogen and oxygen atoms in total. The Bertz CT molecular complexity index is 1650. The van der Waals surface area contributed by atoms with Crippen molar-refractivity contribution in [3.05, 3.63) is 82.7 Å². The summed E-state index contributed by atoms with van der Waals surface area (Å²) >= 11 is 0. The van der Waals surface area contributed by atoms with Crippen LogP contribution in [0.2, 0.25) is 0 Å². The summed E-state index contributed by atoms with van der Waals surface area (Å²) in [6, 6.07) is 18.1. The summed E-state index contributed by atoms with van der Waals surface area (Å²) in [5.41, 5.74) is 4.85. The number of aldehydes is 2. The summed E-state index contributed by atoms with van der Waals surface area (Å²) in [7, 11) is 3.10. The molecule has 1 fully saturated rings. The van der Waals surface area contributed by atoms with Crippen LogP contribution in [-0.2, 0) is 9.53 Å². The minimum Gasteiger partial charge on any atom is -0.684 e. The number of hydrogen-bond acceptors (Lipinski definition) is 9. The molecule has 4 rings (SSSR count). The first-order valence-electron chi connectivity index (χ1n) is 18.6. The van der Waals surface area contributed by atoms with Gasteiger partial charge in [0.1, 0.15) is 12.5 Å². The van der Waals surface area contributed by atoms with Gasteiger partial charge >= 0.3 is 51.4 Å². The Hall–Kier alpha value is -3.43. The van der Waals surface area contributed by atoms with E-state index >= 15 is 0 Å². The third-order valence-electron chi connectivity index (χ3n) is 9.44. The van der Waals surface area contributed by atoms with Crippen LogP contribution in [0.1, 0.15) is 88.9 Å². The van der Waals surface area contributed by atoms with E-state index in [1.54, 1.807) is 37.4 Å². The van der Waals surface area contributed by atoms with Gasteiger partial charge in [-0.05, 0) is 69.8 Å². The molecule has 0 bridgehead atoms. The molecule has 284 valence electrons. The minimum atomic E-state index is -0.575. The molecule has 0 radical (unpaired) electrons. The van der Waals surface area contributed by atoms with Crippen molar-refractivity contribution in [2.75, 3.05) is 69.4 Å². The Morgan fingerprint density at radius 1 is 0.963 bits per heavy atom. The molecule has 2 amide bonds. The SMILES string of the molecule is C=Nc1cc(NC(=O)c2ccc([N-]CCCCCCCNc3cccc(C=O)c3C(=O)N(C)C(CCC=O)OC)cc2)ccc1NCCN1CCCC1.[K+]. The number of methoxy groups -OCH3 is 1. The Morgan fingerprint density at radius 2 is 1.69 bits per heavy atom. The zero-order chi connectivity index (χ0) is 37.8. The van der Waals surface area contributed by atoms with Gasteiger partial charge < -0.3 is 40.6 Å². The van der Waals surface area contributed by atoms with Gasteiger partial charge in [0.15, 0.2) is 6.29 Å². The average Bonchev–Trinajstić information content (AvgIpc) is 3.71. The largest absolute Gasteiger partial charge is 1.00 e. The molecule has 1 heterocycles. The molecule has 3 aromatic carbocycles.